The molecule has 1 aliphatic heterocycles. The summed E-state index contributed by atoms with van der Waals surface area (Å²) in [6.45, 7) is 11.1. The highest BCUT2D eigenvalue weighted by Gasteiger charge is 2.16. The first kappa shape index (κ1) is 26.4. The number of benzene rings is 2. The van der Waals surface area contributed by atoms with Gasteiger partial charge in [-0.25, -0.2) is 9.78 Å². The number of aromatic amines is 1. The highest BCUT2D eigenvalue weighted by Crippen LogP contribution is 2.21. The number of likely N-dealkylation sites (N-methyl/N-ethyl adjacent to an activating group) is 1. The van der Waals surface area contributed by atoms with Crippen molar-refractivity contribution in [2.75, 3.05) is 43.4 Å². The smallest absolute Gasteiger partial charge is 0.352 e. The number of carboxylic acid groups (broad SMARTS) is 1. The number of carbonyl (C=O) groups is 2. The maximum atomic E-state index is 12.9. The van der Waals surface area contributed by atoms with Crippen LogP contribution >= 0.6 is 0 Å². The van der Waals surface area contributed by atoms with Gasteiger partial charge < -0.3 is 25.6 Å². The van der Waals surface area contributed by atoms with Crippen LogP contribution in [0.3, 0.4) is 0 Å². The number of pyridine rings is 1. The van der Waals surface area contributed by atoms with Gasteiger partial charge >= 0.3 is 5.97 Å². The summed E-state index contributed by atoms with van der Waals surface area (Å²) in [7, 11) is 0. The van der Waals surface area contributed by atoms with Gasteiger partial charge in [0.15, 0.2) is 0 Å². The highest BCUT2D eigenvalue weighted by atomic mass is 16.4. The Morgan fingerprint density at radius 1 is 0.974 bits per heavy atom. The summed E-state index contributed by atoms with van der Waals surface area (Å²) in [6.07, 6.45) is 1.67. The molecule has 3 heterocycles. The summed E-state index contributed by atoms with van der Waals surface area (Å²) in [5.74, 6) is -1.16. The molecule has 0 bridgehead atoms. The predicted octanol–water partition coefficient (Wildman–Crippen LogP) is 4.57. The average Bonchev–Trinajstić information content (AvgIpc) is 3.38. The SMILES string of the molecule is CCN1CCN(Cc2ccc(C(=O)Nc3ccc(C)c(CNc4cnc5[nH]c(C(=O)O)cc5c4)c3)cc2)CC1. The number of H-pyrrole nitrogens is 1. The number of carboxylic acids is 1. The number of aryl methyl sites for hydroxylation is 1. The van der Waals surface area contributed by atoms with Crippen molar-refractivity contribution >= 4 is 34.3 Å². The van der Waals surface area contributed by atoms with Crippen molar-refractivity contribution in [1.29, 1.82) is 0 Å². The number of aromatic nitrogens is 2. The third-order valence-electron chi connectivity index (χ3n) is 7.32. The van der Waals surface area contributed by atoms with Gasteiger partial charge in [0, 0.05) is 55.9 Å². The highest BCUT2D eigenvalue weighted by molar-refractivity contribution is 6.04. The van der Waals surface area contributed by atoms with Gasteiger partial charge in [0.05, 0.1) is 11.9 Å². The van der Waals surface area contributed by atoms with Crippen LogP contribution in [0, 0.1) is 6.92 Å². The molecule has 0 unspecified atom stereocenters. The quantitative estimate of drug-likeness (QED) is 0.253. The normalized spacial score (nSPS) is 14.4. The molecule has 1 saturated heterocycles. The molecule has 0 aliphatic carbocycles. The van der Waals surface area contributed by atoms with Crippen LogP contribution in [0.5, 0.6) is 0 Å². The van der Waals surface area contributed by atoms with E-state index in [1.54, 1.807) is 12.3 Å². The fourth-order valence-corrected chi connectivity index (χ4v) is 4.85. The van der Waals surface area contributed by atoms with Gasteiger partial charge in [0.1, 0.15) is 11.3 Å². The standard InChI is InChI=1S/C30H34N6O3/c1-3-35-10-12-36(13-11-35)19-21-5-7-22(8-6-21)29(37)33-25-9-4-20(2)24(15-25)17-31-26-14-23-16-27(30(38)39)34-28(23)32-18-26/h4-9,14-16,18,31H,3,10-13,17,19H2,1-2H3,(H,32,34)(H,33,37)(H,38,39). The zero-order valence-electron chi connectivity index (χ0n) is 22.3. The Bertz CT molecular complexity index is 1470. The minimum atomic E-state index is -1.02. The van der Waals surface area contributed by atoms with E-state index in [9.17, 15) is 14.7 Å². The summed E-state index contributed by atoms with van der Waals surface area (Å²) in [6, 6.07) is 17.2. The molecular weight excluding hydrogens is 492 g/mol. The van der Waals surface area contributed by atoms with E-state index in [2.05, 4.69) is 37.3 Å². The molecule has 9 heteroatoms. The van der Waals surface area contributed by atoms with Gasteiger partial charge in [0.2, 0.25) is 0 Å². The fraction of sp³-hybridized carbons (Fsp3) is 0.300. The van der Waals surface area contributed by atoms with E-state index >= 15 is 0 Å². The van der Waals surface area contributed by atoms with Crippen molar-refractivity contribution < 1.29 is 14.7 Å². The number of fused-ring (bicyclic) bond motifs is 1. The van der Waals surface area contributed by atoms with Gasteiger partial charge in [-0.05, 0) is 66.6 Å². The van der Waals surface area contributed by atoms with Crippen LogP contribution in [0.15, 0.2) is 60.8 Å². The Morgan fingerprint density at radius 3 is 2.44 bits per heavy atom. The van der Waals surface area contributed by atoms with E-state index in [0.29, 0.717) is 17.8 Å². The van der Waals surface area contributed by atoms with Crippen LogP contribution < -0.4 is 10.6 Å². The Kier molecular flexibility index (Phi) is 7.90. The molecule has 2 aromatic carbocycles. The van der Waals surface area contributed by atoms with Crippen molar-refractivity contribution in [1.82, 2.24) is 19.8 Å². The minimum Gasteiger partial charge on any atom is -0.477 e. The maximum absolute atomic E-state index is 12.9. The first-order chi connectivity index (χ1) is 18.9. The van der Waals surface area contributed by atoms with Crippen LogP contribution in [0.25, 0.3) is 11.0 Å². The summed E-state index contributed by atoms with van der Waals surface area (Å²) in [5, 5.41) is 16.3. The molecule has 4 aromatic rings. The molecule has 0 spiro atoms. The summed E-state index contributed by atoms with van der Waals surface area (Å²) in [4.78, 5) is 36.2. The molecule has 1 amide bonds. The first-order valence-electron chi connectivity index (χ1n) is 13.3. The number of carbonyl (C=O) groups excluding carboxylic acids is 1. The van der Waals surface area contributed by atoms with Gasteiger partial charge in [-0.2, -0.15) is 0 Å². The second-order valence-corrected chi connectivity index (χ2v) is 10.0. The number of hydrogen-bond donors (Lipinski definition) is 4. The van der Waals surface area contributed by atoms with E-state index in [1.807, 2.05) is 55.5 Å². The lowest BCUT2D eigenvalue weighted by Gasteiger charge is -2.34. The van der Waals surface area contributed by atoms with E-state index in [-0.39, 0.29) is 11.6 Å². The molecule has 0 radical (unpaired) electrons. The number of amides is 1. The molecule has 1 fully saturated rings. The Hall–Kier alpha value is -4.21. The van der Waals surface area contributed by atoms with E-state index in [0.717, 1.165) is 67.2 Å². The third kappa shape index (κ3) is 6.45. The molecule has 9 nitrogen and oxygen atoms in total. The van der Waals surface area contributed by atoms with Gasteiger partial charge in [-0.15, -0.1) is 0 Å². The van der Waals surface area contributed by atoms with Crippen molar-refractivity contribution in [3.05, 3.63) is 88.7 Å². The Labute approximate surface area is 227 Å². The molecular formula is C30H34N6O3. The lowest BCUT2D eigenvalue weighted by molar-refractivity contribution is 0.0691. The third-order valence-corrected chi connectivity index (χ3v) is 7.32. The summed E-state index contributed by atoms with van der Waals surface area (Å²) < 4.78 is 0. The number of piperazine rings is 1. The number of aromatic carboxylic acids is 1. The number of hydrogen-bond acceptors (Lipinski definition) is 6. The average molecular weight is 527 g/mol. The van der Waals surface area contributed by atoms with Gasteiger partial charge in [-0.1, -0.05) is 25.1 Å². The van der Waals surface area contributed by atoms with Crippen molar-refractivity contribution in [3.63, 3.8) is 0 Å². The zero-order valence-corrected chi connectivity index (χ0v) is 22.3. The first-order valence-corrected chi connectivity index (χ1v) is 13.3. The second kappa shape index (κ2) is 11.7. The maximum Gasteiger partial charge on any atom is 0.352 e. The lowest BCUT2D eigenvalue weighted by Crippen LogP contribution is -2.45. The molecule has 0 atom stereocenters. The Balaban J connectivity index is 1.18. The van der Waals surface area contributed by atoms with Crippen molar-refractivity contribution in [2.24, 2.45) is 0 Å². The number of nitrogens with zero attached hydrogens (tertiary/aromatic N) is 3. The molecule has 5 rings (SSSR count). The topological polar surface area (TPSA) is 114 Å². The van der Waals surface area contributed by atoms with Crippen LogP contribution in [0.4, 0.5) is 11.4 Å². The van der Waals surface area contributed by atoms with Gasteiger partial charge in [-0.3, -0.25) is 9.69 Å². The van der Waals surface area contributed by atoms with Crippen LogP contribution in [0.1, 0.15) is 44.5 Å². The number of nitrogens with one attached hydrogen (secondary N) is 3. The molecule has 39 heavy (non-hydrogen) atoms. The Morgan fingerprint density at radius 2 is 1.72 bits per heavy atom. The van der Waals surface area contributed by atoms with E-state index < -0.39 is 5.97 Å². The zero-order chi connectivity index (χ0) is 27.4. The lowest BCUT2D eigenvalue weighted by atomic mass is 10.1. The van der Waals surface area contributed by atoms with Crippen LogP contribution in [-0.4, -0.2) is 69.5 Å². The molecule has 4 N–H and O–H groups in total. The molecule has 1 aliphatic rings. The van der Waals surface area contributed by atoms with Crippen LogP contribution in [0.2, 0.25) is 0 Å². The van der Waals surface area contributed by atoms with E-state index in [4.69, 9.17) is 0 Å². The minimum absolute atomic E-state index is 0.106. The fourth-order valence-electron chi connectivity index (χ4n) is 4.85. The number of anilines is 2. The van der Waals surface area contributed by atoms with E-state index in [1.165, 1.54) is 5.56 Å². The predicted molar refractivity (Wildman–Crippen MR) is 153 cm³/mol. The summed E-state index contributed by atoms with van der Waals surface area (Å²) in [5.41, 5.74) is 6.11. The van der Waals surface area contributed by atoms with Crippen molar-refractivity contribution in [3.8, 4) is 0 Å². The van der Waals surface area contributed by atoms with Gasteiger partial charge in [0.25, 0.3) is 5.91 Å². The second-order valence-electron chi connectivity index (χ2n) is 10.0. The van der Waals surface area contributed by atoms with Crippen LogP contribution in [-0.2, 0) is 13.1 Å². The molecule has 2 aromatic heterocycles. The van der Waals surface area contributed by atoms with Crippen molar-refractivity contribution in [2.45, 2.75) is 26.9 Å². The summed E-state index contributed by atoms with van der Waals surface area (Å²) >= 11 is 0. The monoisotopic (exact) mass is 526 g/mol. The number of rotatable bonds is 9. The molecule has 0 saturated carbocycles. The molecule has 202 valence electrons. The largest absolute Gasteiger partial charge is 0.477 e.